The van der Waals surface area contributed by atoms with Crippen molar-refractivity contribution in [1.29, 1.82) is 0 Å². The SMILES string of the molecule is CC(CCC(=O)NOCc1ccccc1)Cc1ccc(C(=O)O)cc1. The first-order chi connectivity index (χ1) is 12.0. The predicted molar refractivity (Wildman–Crippen MR) is 94.9 cm³/mol. The van der Waals surface area contributed by atoms with Gasteiger partial charge in [0.25, 0.3) is 0 Å². The van der Waals surface area contributed by atoms with E-state index in [4.69, 9.17) is 9.94 Å². The van der Waals surface area contributed by atoms with Crippen LogP contribution in [0.1, 0.15) is 41.3 Å². The fourth-order valence-electron chi connectivity index (χ4n) is 2.49. The van der Waals surface area contributed by atoms with Crippen molar-refractivity contribution in [2.24, 2.45) is 5.92 Å². The third-order valence-corrected chi connectivity index (χ3v) is 3.92. The zero-order valence-corrected chi connectivity index (χ0v) is 14.3. The molecular formula is C20H23NO4. The average molecular weight is 341 g/mol. The van der Waals surface area contributed by atoms with Crippen LogP contribution >= 0.6 is 0 Å². The van der Waals surface area contributed by atoms with Gasteiger partial charge >= 0.3 is 5.97 Å². The van der Waals surface area contributed by atoms with Crippen LogP contribution in [0.3, 0.4) is 0 Å². The van der Waals surface area contributed by atoms with Crippen LogP contribution in [0.5, 0.6) is 0 Å². The third-order valence-electron chi connectivity index (χ3n) is 3.92. The van der Waals surface area contributed by atoms with Crippen molar-refractivity contribution in [2.45, 2.75) is 32.8 Å². The van der Waals surface area contributed by atoms with Crippen molar-refractivity contribution >= 4 is 11.9 Å². The van der Waals surface area contributed by atoms with Gasteiger partial charge in [0.15, 0.2) is 0 Å². The summed E-state index contributed by atoms with van der Waals surface area (Å²) in [5.41, 5.74) is 4.82. The first-order valence-electron chi connectivity index (χ1n) is 8.31. The number of aromatic carboxylic acids is 1. The second kappa shape index (κ2) is 9.59. The van der Waals surface area contributed by atoms with Crippen molar-refractivity contribution in [3.63, 3.8) is 0 Å². The Morgan fingerprint density at radius 2 is 1.72 bits per heavy atom. The summed E-state index contributed by atoms with van der Waals surface area (Å²) in [5, 5.41) is 8.89. The fraction of sp³-hybridized carbons (Fsp3) is 0.300. The number of nitrogens with one attached hydrogen (secondary N) is 1. The van der Waals surface area contributed by atoms with Crippen molar-refractivity contribution < 1.29 is 19.5 Å². The molecule has 0 fully saturated rings. The molecule has 0 aliphatic heterocycles. The predicted octanol–water partition coefficient (Wildman–Crippen LogP) is 3.59. The molecule has 0 aliphatic carbocycles. The molecule has 25 heavy (non-hydrogen) atoms. The van der Waals surface area contributed by atoms with E-state index in [1.165, 1.54) is 0 Å². The maximum atomic E-state index is 11.8. The Kier molecular flexibility index (Phi) is 7.16. The minimum Gasteiger partial charge on any atom is -0.478 e. The summed E-state index contributed by atoms with van der Waals surface area (Å²) in [7, 11) is 0. The molecular weight excluding hydrogens is 318 g/mol. The number of rotatable bonds is 9. The van der Waals surface area contributed by atoms with Gasteiger partial charge in [-0.3, -0.25) is 9.63 Å². The van der Waals surface area contributed by atoms with Gasteiger partial charge in [0, 0.05) is 6.42 Å². The molecule has 0 saturated carbocycles. The first-order valence-corrected chi connectivity index (χ1v) is 8.31. The Hall–Kier alpha value is -2.66. The lowest BCUT2D eigenvalue weighted by Gasteiger charge is -2.12. The highest BCUT2D eigenvalue weighted by Crippen LogP contribution is 2.14. The van der Waals surface area contributed by atoms with Gasteiger partial charge in [-0.15, -0.1) is 0 Å². The van der Waals surface area contributed by atoms with E-state index in [0.717, 1.165) is 24.0 Å². The van der Waals surface area contributed by atoms with E-state index >= 15 is 0 Å². The van der Waals surface area contributed by atoms with E-state index in [2.05, 4.69) is 12.4 Å². The minimum absolute atomic E-state index is 0.135. The summed E-state index contributed by atoms with van der Waals surface area (Å²) in [6.45, 7) is 2.42. The molecule has 2 aromatic carbocycles. The van der Waals surface area contributed by atoms with Gasteiger partial charge in [-0.25, -0.2) is 10.3 Å². The van der Waals surface area contributed by atoms with Crippen LogP contribution in [-0.2, 0) is 22.7 Å². The lowest BCUT2D eigenvalue weighted by atomic mass is 9.96. The third kappa shape index (κ3) is 6.77. The molecule has 2 N–H and O–H groups in total. The van der Waals surface area contributed by atoms with Crippen molar-refractivity contribution in [1.82, 2.24) is 5.48 Å². The summed E-state index contributed by atoms with van der Waals surface area (Å²) in [6.07, 6.45) is 1.93. The molecule has 0 spiro atoms. The molecule has 0 aromatic heterocycles. The largest absolute Gasteiger partial charge is 0.478 e. The van der Waals surface area contributed by atoms with E-state index in [1.54, 1.807) is 12.1 Å². The lowest BCUT2D eigenvalue weighted by molar-refractivity contribution is -0.134. The average Bonchev–Trinajstić information content (AvgIpc) is 2.61. The minimum atomic E-state index is -0.924. The van der Waals surface area contributed by atoms with Crippen LogP contribution in [-0.4, -0.2) is 17.0 Å². The van der Waals surface area contributed by atoms with Crippen LogP contribution in [0.25, 0.3) is 0 Å². The second-order valence-electron chi connectivity index (χ2n) is 6.15. The molecule has 0 bridgehead atoms. The number of carboxylic acid groups (broad SMARTS) is 1. The molecule has 1 amide bonds. The van der Waals surface area contributed by atoms with Crippen LogP contribution in [0, 0.1) is 5.92 Å². The van der Waals surface area contributed by atoms with Gasteiger partial charge in [-0.2, -0.15) is 0 Å². The summed E-state index contributed by atoms with van der Waals surface area (Å²) in [4.78, 5) is 27.9. The van der Waals surface area contributed by atoms with E-state index in [9.17, 15) is 9.59 Å². The van der Waals surface area contributed by atoms with E-state index in [1.807, 2.05) is 42.5 Å². The smallest absolute Gasteiger partial charge is 0.335 e. The molecule has 0 radical (unpaired) electrons. The molecule has 5 heteroatoms. The second-order valence-corrected chi connectivity index (χ2v) is 6.15. The number of benzene rings is 2. The van der Waals surface area contributed by atoms with Gasteiger partial charge in [0.1, 0.15) is 0 Å². The molecule has 0 aliphatic rings. The fourth-order valence-corrected chi connectivity index (χ4v) is 2.49. The maximum absolute atomic E-state index is 11.8. The zero-order valence-electron chi connectivity index (χ0n) is 14.3. The monoisotopic (exact) mass is 341 g/mol. The Bertz CT molecular complexity index is 683. The molecule has 0 saturated heterocycles. The first kappa shape index (κ1) is 18.7. The molecule has 2 aromatic rings. The molecule has 0 heterocycles. The number of carbonyl (C=O) groups is 2. The summed E-state index contributed by atoms with van der Waals surface area (Å²) in [6, 6.07) is 16.5. The van der Waals surface area contributed by atoms with Crippen molar-refractivity contribution in [2.75, 3.05) is 0 Å². The number of hydrogen-bond donors (Lipinski definition) is 2. The number of hydrogen-bond acceptors (Lipinski definition) is 3. The highest BCUT2D eigenvalue weighted by Gasteiger charge is 2.09. The molecule has 1 unspecified atom stereocenters. The lowest BCUT2D eigenvalue weighted by Crippen LogP contribution is -2.23. The van der Waals surface area contributed by atoms with E-state index < -0.39 is 5.97 Å². The number of amides is 1. The number of carboxylic acids is 1. The summed E-state index contributed by atoms with van der Waals surface area (Å²) in [5.74, 6) is -0.744. The van der Waals surface area contributed by atoms with E-state index in [0.29, 0.717) is 18.9 Å². The quantitative estimate of drug-likeness (QED) is 0.684. The van der Waals surface area contributed by atoms with Crippen LogP contribution in [0.2, 0.25) is 0 Å². The van der Waals surface area contributed by atoms with Gasteiger partial charge in [-0.1, -0.05) is 49.4 Å². The van der Waals surface area contributed by atoms with Gasteiger partial charge < -0.3 is 5.11 Å². The molecule has 5 nitrogen and oxygen atoms in total. The zero-order chi connectivity index (χ0) is 18.1. The Labute approximate surface area is 147 Å². The molecule has 132 valence electrons. The molecule has 2 rings (SSSR count). The molecule has 1 atom stereocenters. The standard InChI is InChI=1S/C20H23NO4/c1-15(13-16-8-10-18(11-9-16)20(23)24)7-12-19(22)21-25-14-17-5-3-2-4-6-17/h2-6,8-11,15H,7,12-14H2,1H3,(H,21,22)(H,23,24). The van der Waals surface area contributed by atoms with Gasteiger partial charge in [0.05, 0.1) is 12.2 Å². The van der Waals surface area contributed by atoms with Crippen LogP contribution in [0.15, 0.2) is 54.6 Å². The van der Waals surface area contributed by atoms with Crippen LogP contribution < -0.4 is 5.48 Å². The highest BCUT2D eigenvalue weighted by molar-refractivity contribution is 5.87. The van der Waals surface area contributed by atoms with Gasteiger partial charge in [0.2, 0.25) is 5.91 Å². The summed E-state index contributed by atoms with van der Waals surface area (Å²) < 4.78 is 0. The van der Waals surface area contributed by atoms with Crippen LogP contribution in [0.4, 0.5) is 0 Å². The number of carbonyl (C=O) groups excluding carboxylic acids is 1. The Balaban J connectivity index is 1.66. The number of hydroxylamine groups is 1. The van der Waals surface area contributed by atoms with Gasteiger partial charge in [-0.05, 0) is 42.0 Å². The summed E-state index contributed by atoms with van der Waals surface area (Å²) >= 11 is 0. The van der Waals surface area contributed by atoms with Crippen molar-refractivity contribution in [3.05, 3.63) is 71.3 Å². The van der Waals surface area contributed by atoms with E-state index in [-0.39, 0.29) is 11.5 Å². The Morgan fingerprint density at radius 1 is 1.04 bits per heavy atom. The Morgan fingerprint density at radius 3 is 2.36 bits per heavy atom. The topological polar surface area (TPSA) is 75.6 Å². The maximum Gasteiger partial charge on any atom is 0.335 e. The highest BCUT2D eigenvalue weighted by atomic mass is 16.6. The normalized spacial score (nSPS) is 11.7. The van der Waals surface area contributed by atoms with Crippen molar-refractivity contribution in [3.8, 4) is 0 Å².